The number of rotatable bonds is 6. The van der Waals surface area contributed by atoms with Crippen molar-refractivity contribution in [2.45, 2.75) is 38.8 Å². The molecule has 0 saturated carbocycles. The molecule has 0 spiro atoms. The fraction of sp³-hybridized carbons (Fsp3) is 0.400. The third-order valence-corrected chi connectivity index (χ3v) is 5.00. The molecule has 114 valence electrons. The lowest BCUT2D eigenvalue weighted by atomic mass is 10.1. The van der Waals surface area contributed by atoms with Gasteiger partial charge in [-0.25, -0.2) is 13.4 Å². The molecule has 0 aliphatic rings. The van der Waals surface area contributed by atoms with Crippen LogP contribution in [0.15, 0.2) is 35.5 Å². The summed E-state index contributed by atoms with van der Waals surface area (Å²) in [6, 6.07) is 7.91. The average Bonchev–Trinajstić information content (AvgIpc) is 2.88. The fourth-order valence-corrected chi connectivity index (χ4v) is 3.58. The molecule has 0 radical (unpaired) electrons. The summed E-state index contributed by atoms with van der Waals surface area (Å²) in [6.07, 6.45) is 2.14. The molecule has 1 aromatic heterocycles. The lowest BCUT2D eigenvalue weighted by molar-refractivity contribution is 0.404. The molecular weight excluding hydrogens is 286 g/mol. The number of aromatic amines is 1. The summed E-state index contributed by atoms with van der Waals surface area (Å²) in [5.74, 6) is 0.598. The van der Waals surface area contributed by atoms with Crippen LogP contribution in [0.3, 0.4) is 0 Å². The molecule has 6 heteroatoms. The Morgan fingerprint density at radius 2 is 1.86 bits per heavy atom. The number of aryl methyl sites for hydroxylation is 2. The number of imidazole rings is 1. The molecule has 21 heavy (non-hydrogen) atoms. The van der Waals surface area contributed by atoms with E-state index in [0.29, 0.717) is 18.9 Å². The monoisotopic (exact) mass is 307 g/mol. The van der Waals surface area contributed by atoms with Crippen LogP contribution in [0.4, 0.5) is 0 Å². The summed E-state index contributed by atoms with van der Waals surface area (Å²) in [4.78, 5) is 6.79. The number of nitrogens with one attached hydrogen (secondary N) is 1. The first-order chi connectivity index (χ1) is 9.93. The van der Waals surface area contributed by atoms with Crippen molar-refractivity contribution in [3.8, 4) is 0 Å². The van der Waals surface area contributed by atoms with Crippen molar-refractivity contribution in [3.63, 3.8) is 0 Å². The molecule has 0 fully saturated rings. The highest BCUT2D eigenvalue weighted by Crippen LogP contribution is 2.17. The molecule has 5 nitrogen and oxygen atoms in total. The van der Waals surface area contributed by atoms with E-state index in [2.05, 4.69) is 9.97 Å². The number of benzene rings is 1. The van der Waals surface area contributed by atoms with Crippen molar-refractivity contribution >= 4 is 10.0 Å². The predicted octanol–water partition coefficient (Wildman–Crippen LogP) is 2.63. The van der Waals surface area contributed by atoms with Crippen molar-refractivity contribution in [3.05, 3.63) is 47.4 Å². The maximum Gasteiger partial charge on any atom is 0.260 e. The summed E-state index contributed by atoms with van der Waals surface area (Å²) in [5, 5.41) is 0.153. The molecule has 0 atom stereocenters. The largest absolute Gasteiger partial charge is 0.332 e. The smallest absolute Gasteiger partial charge is 0.260 e. The minimum absolute atomic E-state index is 0.153. The lowest BCUT2D eigenvalue weighted by Crippen LogP contribution is -2.31. The van der Waals surface area contributed by atoms with E-state index in [1.165, 1.54) is 10.5 Å². The molecule has 0 saturated heterocycles. The number of nitrogens with zero attached hydrogens (tertiary/aromatic N) is 2. The zero-order chi connectivity index (χ0) is 15.5. The normalized spacial score (nSPS) is 12.0. The van der Waals surface area contributed by atoms with Gasteiger partial charge in [-0.1, -0.05) is 36.8 Å². The summed E-state index contributed by atoms with van der Waals surface area (Å²) in [6.45, 7) is 6.57. The Morgan fingerprint density at radius 1 is 1.19 bits per heavy atom. The molecule has 2 rings (SSSR count). The Kier molecular flexibility index (Phi) is 4.80. The molecule has 0 aliphatic carbocycles. The highest BCUT2D eigenvalue weighted by Gasteiger charge is 2.25. The third-order valence-electron chi connectivity index (χ3n) is 3.25. The molecule has 2 aromatic rings. The van der Waals surface area contributed by atoms with Crippen molar-refractivity contribution < 1.29 is 8.42 Å². The van der Waals surface area contributed by atoms with Gasteiger partial charge in [0.1, 0.15) is 5.82 Å². The second-order valence-electron chi connectivity index (χ2n) is 5.16. The maximum absolute atomic E-state index is 12.7. The van der Waals surface area contributed by atoms with Crippen LogP contribution in [-0.4, -0.2) is 29.2 Å². The van der Waals surface area contributed by atoms with E-state index < -0.39 is 10.0 Å². The minimum atomic E-state index is -3.54. The van der Waals surface area contributed by atoms with E-state index in [1.807, 2.05) is 38.1 Å². The van der Waals surface area contributed by atoms with Crippen LogP contribution in [0.25, 0.3) is 0 Å². The van der Waals surface area contributed by atoms with Gasteiger partial charge in [-0.3, -0.25) is 0 Å². The van der Waals surface area contributed by atoms with Crippen molar-refractivity contribution in [2.75, 3.05) is 6.54 Å². The van der Waals surface area contributed by atoms with E-state index in [4.69, 9.17) is 0 Å². The molecule has 1 aromatic carbocycles. The Bertz CT molecular complexity index is 690. The molecule has 1 heterocycles. The second kappa shape index (κ2) is 6.41. The molecule has 0 bridgehead atoms. The Labute approximate surface area is 126 Å². The van der Waals surface area contributed by atoms with Gasteiger partial charge < -0.3 is 4.98 Å². The summed E-state index contributed by atoms with van der Waals surface area (Å²) in [7, 11) is -3.54. The van der Waals surface area contributed by atoms with Crippen LogP contribution in [0.2, 0.25) is 0 Å². The van der Waals surface area contributed by atoms with E-state index in [1.54, 1.807) is 6.92 Å². The second-order valence-corrected chi connectivity index (χ2v) is 7.06. The highest BCUT2D eigenvalue weighted by molar-refractivity contribution is 7.89. The first-order valence-electron chi connectivity index (χ1n) is 7.00. The van der Waals surface area contributed by atoms with Gasteiger partial charge >= 0.3 is 0 Å². The molecule has 1 N–H and O–H groups in total. The van der Waals surface area contributed by atoms with Crippen LogP contribution in [0.5, 0.6) is 0 Å². The number of hydrogen-bond donors (Lipinski definition) is 1. The van der Waals surface area contributed by atoms with Gasteiger partial charge in [0.15, 0.2) is 5.03 Å². The van der Waals surface area contributed by atoms with Gasteiger partial charge in [-0.05, 0) is 25.8 Å². The van der Waals surface area contributed by atoms with Gasteiger partial charge in [-0.2, -0.15) is 4.31 Å². The fourth-order valence-electron chi connectivity index (χ4n) is 2.10. The van der Waals surface area contributed by atoms with Gasteiger partial charge in [0.25, 0.3) is 10.0 Å². The van der Waals surface area contributed by atoms with Crippen molar-refractivity contribution in [1.82, 2.24) is 14.3 Å². The number of sulfonamides is 1. The minimum Gasteiger partial charge on any atom is -0.332 e. The molecular formula is C15H21N3O2S. The van der Waals surface area contributed by atoms with E-state index in [-0.39, 0.29) is 5.03 Å². The quantitative estimate of drug-likeness (QED) is 0.892. The summed E-state index contributed by atoms with van der Waals surface area (Å²) in [5.41, 5.74) is 2.14. The topological polar surface area (TPSA) is 66.1 Å². The van der Waals surface area contributed by atoms with E-state index in [0.717, 1.165) is 17.5 Å². The van der Waals surface area contributed by atoms with Crippen LogP contribution in [-0.2, 0) is 16.6 Å². The number of aromatic nitrogens is 2. The van der Waals surface area contributed by atoms with E-state index >= 15 is 0 Å². The van der Waals surface area contributed by atoms with Crippen molar-refractivity contribution in [1.29, 1.82) is 0 Å². The zero-order valence-electron chi connectivity index (χ0n) is 12.6. The van der Waals surface area contributed by atoms with Crippen LogP contribution in [0, 0.1) is 13.8 Å². The average molecular weight is 307 g/mol. The number of H-pyrrole nitrogens is 1. The Balaban J connectivity index is 2.27. The van der Waals surface area contributed by atoms with E-state index in [9.17, 15) is 8.42 Å². The van der Waals surface area contributed by atoms with Crippen LogP contribution in [0.1, 0.15) is 30.3 Å². The SMILES string of the molecule is CCCN(Cc1ccc(C)cc1)S(=O)(=O)c1cnc(C)[nH]1. The first-order valence-corrected chi connectivity index (χ1v) is 8.45. The molecule has 0 aliphatic heterocycles. The lowest BCUT2D eigenvalue weighted by Gasteiger charge is -2.20. The highest BCUT2D eigenvalue weighted by atomic mass is 32.2. The number of hydrogen-bond acceptors (Lipinski definition) is 3. The standard InChI is InChI=1S/C15H21N3O2S/c1-4-9-18(11-14-7-5-12(2)6-8-14)21(19,20)15-10-16-13(3)17-15/h5-8,10H,4,9,11H2,1-3H3,(H,16,17). The Hall–Kier alpha value is -1.66. The van der Waals surface area contributed by atoms with Gasteiger partial charge in [0.2, 0.25) is 0 Å². The Morgan fingerprint density at radius 3 is 2.38 bits per heavy atom. The summed E-state index contributed by atoms with van der Waals surface area (Å²) < 4.78 is 26.8. The van der Waals surface area contributed by atoms with Crippen LogP contribution >= 0.6 is 0 Å². The van der Waals surface area contributed by atoms with Crippen LogP contribution < -0.4 is 0 Å². The third kappa shape index (κ3) is 3.71. The van der Waals surface area contributed by atoms with Gasteiger partial charge in [0, 0.05) is 13.1 Å². The van der Waals surface area contributed by atoms with Gasteiger partial charge in [0.05, 0.1) is 6.20 Å². The zero-order valence-corrected chi connectivity index (χ0v) is 13.4. The first kappa shape index (κ1) is 15.7. The van der Waals surface area contributed by atoms with Crippen molar-refractivity contribution in [2.24, 2.45) is 0 Å². The van der Waals surface area contributed by atoms with Gasteiger partial charge in [-0.15, -0.1) is 0 Å². The maximum atomic E-state index is 12.7. The summed E-state index contributed by atoms with van der Waals surface area (Å²) >= 11 is 0. The molecule has 0 unspecified atom stereocenters. The molecule has 0 amide bonds. The predicted molar refractivity (Wildman–Crippen MR) is 82.4 cm³/mol.